The van der Waals surface area contributed by atoms with Crippen molar-refractivity contribution in [3.05, 3.63) is 113 Å². The van der Waals surface area contributed by atoms with E-state index in [-0.39, 0.29) is 5.78 Å². The van der Waals surface area contributed by atoms with Crippen LogP contribution in [-0.4, -0.2) is 10.8 Å². The van der Waals surface area contributed by atoms with Crippen molar-refractivity contribution in [2.75, 3.05) is 4.90 Å². The van der Waals surface area contributed by atoms with Crippen molar-refractivity contribution >= 4 is 28.5 Å². The zero-order valence-electron chi connectivity index (χ0n) is 16.4. The molecule has 1 aliphatic rings. The summed E-state index contributed by atoms with van der Waals surface area (Å²) in [6.45, 7) is 0. The predicted octanol–water partition coefficient (Wildman–Crippen LogP) is 6.66. The number of Topliss-reactive ketones (excluding diaryl/α,β-unsaturated/α-hetero) is 1. The number of hydrogen-bond donors (Lipinski definition) is 0. The Hall–Kier alpha value is -3.50. The minimum atomic E-state index is 0.0905. The third kappa shape index (κ3) is 3.58. The van der Waals surface area contributed by atoms with Crippen molar-refractivity contribution in [2.45, 2.75) is 12.8 Å². The first-order chi connectivity index (χ1) is 14.8. The molecule has 1 aromatic heterocycles. The van der Waals surface area contributed by atoms with E-state index < -0.39 is 0 Å². The zero-order valence-corrected chi connectivity index (χ0v) is 17.2. The molecule has 5 rings (SSSR count). The van der Waals surface area contributed by atoms with Gasteiger partial charge in [0.15, 0.2) is 0 Å². The van der Waals surface area contributed by atoms with Crippen molar-refractivity contribution in [1.82, 2.24) is 4.98 Å². The van der Waals surface area contributed by atoms with E-state index in [0.29, 0.717) is 6.42 Å². The van der Waals surface area contributed by atoms with Gasteiger partial charge in [-0.3, -0.25) is 4.79 Å². The van der Waals surface area contributed by atoms with Gasteiger partial charge in [0, 0.05) is 28.7 Å². The number of aromatic nitrogens is 1. The number of carbonyl (C=O) groups excluding carboxylic acids is 1. The highest BCUT2D eigenvalue weighted by atomic mass is 32.1. The molecule has 0 amide bonds. The molecule has 3 aromatic carbocycles. The Labute approximate surface area is 180 Å². The van der Waals surface area contributed by atoms with Gasteiger partial charge in [-0.1, -0.05) is 66.7 Å². The molecule has 0 atom stereocenters. The Kier molecular flexibility index (Phi) is 4.99. The van der Waals surface area contributed by atoms with Gasteiger partial charge >= 0.3 is 0 Å². The molecule has 1 aliphatic carbocycles. The molecular formula is C26H20N2OS. The number of carbonyl (C=O) groups is 1. The summed E-state index contributed by atoms with van der Waals surface area (Å²) in [5.41, 5.74) is 4.86. The lowest BCUT2D eigenvalue weighted by atomic mass is 9.96. The number of aryl methyl sites for hydroxylation is 1. The second-order valence-corrected chi connectivity index (χ2v) is 8.18. The average molecular weight is 409 g/mol. The monoisotopic (exact) mass is 408 g/mol. The van der Waals surface area contributed by atoms with Gasteiger partial charge in [-0.15, -0.1) is 11.3 Å². The first-order valence-corrected chi connectivity index (χ1v) is 10.8. The van der Waals surface area contributed by atoms with Crippen molar-refractivity contribution in [3.63, 3.8) is 0 Å². The number of allylic oxidation sites excluding steroid dienone is 1. The number of fused-ring (bicyclic) bond motifs is 1. The number of thiazole rings is 1. The number of ketones is 1. The van der Waals surface area contributed by atoms with Crippen molar-refractivity contribution in [3.8, 4) is 10.6 Å². The molecule has 0 bridgehead atoms. The van der Waals surface area contributed by atoms with Crippen LogP contribution in [0.15, 0.2) is 103 Å². The Morgan fingerprint density at radius 1 is 0.767 bits per heavy atom. The summed E-state index contributed by atoms with van der Waals surface area (Å²) in [7, 11) is 0. The molecule has 146 valence electrons. The minimum Gasteiger partial charge on any atom is -0.317 e. The van der Waals surface area contributed by atoms with Crippen LogP contribution in [0.5, 0.6) is 0 Å². The van der Waals surface area contributed by atoms with Gasteiger partial charge in [0.05, 0.1) is 10.6 Å². The molecule has 0 radical (unpaired) electrons. The van der Waals surface area contributed by atoms with E-state index in [1.807, 2.05) is 72.9 Å². The fraction of sp³-hybridized carbons (Fsp3) is 0.0769. The highest BCUT2D eigenvalue weighted by Crippen LogP contribution is 2.35. The normalized spacial score (nSPS) is 14.5. The van der Waals surface area contributed by atoms with Crippen LogP contribution in [0.4, 0.5) is 11.4 Å². The number of para-hydroxylation sites is 2. The Morgan fingerprint density at radius 3 is 1.93 bits per heavy atom. The summed E-state index contributed by atoms with van der Waals surface area (Å²) in [5.74, 6) is 0.0905. The average Bonchev–Trinajstić information content (AvgIpc) is 3.26. The molecule has 0 saturated carbocycles. The molecule has 1 heterocycles. The third-order valence-electron chi connectivity index (χ3n) is 5.20. The van der Waals surface area contributed by atoms with Gasteiger partial charge in [0.1, 0.15) is 5.01 Å². The Morgan fingerprint density at radius 2 is 1.33 bits per heavy atom. The van der Waals surface area contributed by atoms with Crippen molar-refractivity contribution in [1.29, 1.82) is 0 Å². The summed E-state index contributed by atoms with van der Waals surface area (Å²) >= 11 is 1.50. The maximum Gasteiger partial charge on any atom is 0.202 e. The number of anilines is 2. The first-order valence-electron chi connectivity index (χ1n) is 9.99. The van der Waals surface area contributed by atoms with Gasteiger partial charge in [-0.25, -0.2) is 4.98 Å². The predicted molar refractivity (Wildman–Crippen MR) is 123 cm³/mol. The van der Waals surface area contributed by atoms with Crippen LogP contribution in [0, 0.1) is 0 Å². The van der Waals surface area contributed by atoms with Crippen LogP contribution < -0.4 is 4.90 Å². The molecule has 30 heavy (non-hydrogen) atoms. The highest BCUT2D eigenvalue weighted by molar-refractivity contribution is 7.17. The standard InChI is InChI=1S/C26H20N2OS/c29-24-20(16-17-23-25(24)30-26(27-23)19-10-4-1-5-11-19)18-28(21-12-6-2-7-13-21)22-14-8-3-9-15-22/h1-15,18H,16-17H2/b20-18+. The SMILES string of the molecule is O=C1/C(=C/N(c2ccccc2)c2ccccc2)CCc2nc(-c3ccccc3)sc21. The summed E-state index contributed by atoms with van der Waals surface area (Å²) in [6.07, 6.45) is 3.48. The number of rotatable bonds is 4. The second-order valence-electron chi connectivity index (χ2n) is 7.19. The van der Waals surface area contributed by atoms with Crippen LogP contribution in [0.25, 0.3) is 10.6 Å². The molecule has 0 spiro atoms. The van der Waals surface area contributed by atoms with Gasteiger partial charge in [0.25, 0.3) is 0 Å². The maximum absolute atomic E-state index is 13.3. The second kappa shape index (κ2) is 8.09. The van der Waals surface area contributed by atoms with E-state index >= 15 is 0 Å². The number of hydrogen-bond acceptors (Lipinski definition) is 4. The lowest BCUT2D eigenvalue weighted by Crippen LogP contribution is -2.17. The summed E-state index contributed by atoms with van der Waals surface area (Å²) in [4.78, 5) is 21.0. The van der Waals surface area contributed by atoms with Crippen LogP contribution in [0.3, 0.4) is 0 Å². The first kappa shape index (κ1) is 18.5. The fourth-order valence-corrected chi connectivity index (χ4v) is 4.76. The van der Waals surface area contributed by atoms with E-state index in [1.165, 1.54) is 11.3 Å². The summed E-state index contributed by atoms with van der Waals surface area (Å²) < 4.78 is 0. The van der Waals surface area contributed by atoms with Gasteiger partial charge < -0.3 is 4.90 Å². The molecule has 0 unspecified atom stereocenters. The minimum absolute atomic E-state index is 0.0905. The van der Waals surface area contributed by atoms with E-state index in [4.69, 9.17) is 4.98 Å². The summed E-state index contributed by atoms with van der Waals surface area (Å²) in [5, 5.41) is 0.915. The summed E-state index contributed by atoms with van der Waals surface area (Å²) in [6, 6.07) is 30.4. The Balaban J connectivity index is 1.52. The van der Waals surface area contributed by atoms with E-state index in [1.54, 1.807) is 0 Å². The zero-order chi connectivity index (χ0) is 20.3. The lowest BCUT2D eigenvalue weighted by Gasteiger charge is -2.23. The fourth-order valence-electron chi connectivity index (χ4n) is 3.67. The molecule has 4 heteroatoms. The van der Waals surface area contributed by atoms with Crippen LogP contribution >= 0.6 is 11.3 Å². The lowest BCUT2D eigenvalue weighted by molar-refractivity contribution is 0.102. The number of nitrogens with zero attached hydrogens (tertiary/aromatic N) is 2. The molecule has 3 nitrogen and oxygen atoms in total. The quantitative estimate of drug-likeness (QED) is 0.354. The van der Waals surface area contributed by atoms with Crippen LogP contribution in [0.2, 0.25) is 0 Å². The molecule has 4 aromatic rings. The van der Waals surface area contributed by atoms with Crippen molar-refractivity contribution < 1.29 is 4.79 Å². The molecule has 0 N–H and O–H groups in total. The molecule has 0 fully saturated rings. The van der Waals surface area contributed by atoms with Crippen LogP contribution in [-0.2, 0) is 6.42 Å². The van der Waals surface area contributed by atoms with Gasteiger partial charge in [0.2, 0.25) is 5.78 Å². The van der Waals surface area contributed by atoms with E-state index in [0.717, 1.165) is 44.5 Å². The Bertz CT molecular complexity index is 1160. The molecule has 0 aliphatic heterocycles. The topological polar surface area (TPSA) is 33.2 Å². The van der Waals surface area contributed by atoms with Crippen molar-refractivity contribution in [2.24, 2.45) is 0 Å². The highest BCUT2D eigenvalue weighted by Gasteiger charge is 2.27. The third-order valence-corrected chi connectivity index (χ3v) is 6.35. The number of benzene rings is 3. The molecule has 0 saturated heterocycles. The largest absolute Gasteiger partial charge is 0.317 e. The maximum atomic E-state index is 13.3. The van der Waals surface area contributed by atoms with Gasteiger partial charge in [-0.05, 0) is 37.1 Å². The van der Waals surface area contributed by atoms with E-state index in [9.17, 15) is 4.79 Å². The van der Waals surface area contributed by atoms with Crippen LogP contribution in [0.1, 0.15) is 21.8 Å². The van der Waals surface area contributed by atoms with E-state index in [2.05, 4.69) is 29.2 Å². The van der Waals surface area contributed by atoms with Gasteiger partial charge in [-0.2, -0.15) is 0 Å². The molecular weight excluding hydrogens is 388 g/mol. The smallest absolute Gasteiger partial charge is 0.202 e.